The number of ether oxygens (including phenoxy) is 1. The van der Waals surface area contributed by atoms with Crippen molar-refractivity contribution in [2.45, 2.75) is 26.2 Å². The van der Waals surface area contributed by atoms with Gasteiger partial charge in [0.15, 0.2) is 10.7 Å². The monoisotopic (exact) mass is 459 g/mol. The molecule has 0 saturated heterocycles. The van der Waals surface area contributed by atoms with Crippen molar-refractivity contribution in [3.63, 3.8) is 0 Å². The number of hydrogen-bond acceptors (Lipinski definition) is 5. The predicted molar refractivity (Wildman–Crippen MR) is 135 cm³/mol. The summed E-state index contributed by atoms with van der Waals surface area (Å²) in [6.45, 7) is 4.37. The van der Waals surface area contributed by atoms with E-state index in [0.29, 0.717) is 28.8 Å². The number of nitrogens with one attached hydrogen (secondary N) is 2. The molecule has 0 aliphatic carbocycles. The molecule has 168 valence electrons. The lowest BCUT2D eigenvalue weighted by molar-refractivity contribution is 0.0975. The van der Waals surface area contributed by atoms with Crippen LogP contribution in [0.15, 0.2) is 71.1 Å². The van der Waals surface area contributed by atoms with E-state index in [4.69, 9.17) is 21.4 Å². The Hall–Kier alpha value is -3.71. The molecule has 7 heteroatoms. The third-order valence-electron chi connectivity index (χ3n) is 5.54. The molecule has 3 aromatic carbocycles. The average Bonchev–Trinajstić information content (AvgIpc) is 3.27. The standard InChI is InChI=1S/C26H25N3O3S/c1-4-16(2)17-12-13-23-21(15-17)28-25(32-23)18-8-7-9-19(14-18)27-26(33)29-24(30)20-10-5-6-11-22(20)31-3/h5-16H,4H2,1-3H3,(H2,27,29,30,33). The Morgan fingerprint density at radius 1 is 1.12 bits per heavy atom. The van der Waals surface area contributed by atoms with Gasteiger partial charge in [-0.1, -0.05) is 38.1 Å². The van der Waals surface area contributed by atoms with Gasteiger partial charge in [0.25, 0.3) is 5.91 Å². The fraction of sp³-hybridized carbons (Fsp3) is 0.192. The number of anilines is 1. The van der Waals surface area contributed by atoms with Crippen LogP contribution in [0.4, 0.5) is 5.69 Å². The van der Waals surface area contributed by atoms with Crippen LogP contribution in [0, 0.1) is 0 Å². The van der Waals surface area contributed by atoms with E-state index in [1.54, 1.807) is 24.3 Å². The molecule has 0 aliphatic heterocycles. The third kappa shape index (κ3) is 5.04. The number of benzene rings is 3. The first-order valence-corrected chi connectivity index (χ1v) is 11.2. The Morgan fingerprint density at radius 2 is 1.94 bits per heavy atom. The molecule has 0 aliphatic rings. The van der Waals surface area contributed by atoms with E-state index in [0.717, 1.165) is 23.1 Å². The van der Waals surface area contributed by atoms with Gasteiger partial charge in [-0.05, 0) is 72.6 Å². The molecule has 1 atom stereocenters. The van der Waals surface area contributed by atoms with Gasteiger partial charge in [0.05, 0.1) is 12.7 Å². The zero-order valence-electron chi connectivity index (χ0n) is 18.7. The highest BCUT2D eigenvalue weighted by atomic mass is 32.1. The molecular weight excluding hydrogens is 434 g/mol. The van der Waals surface area contributed by atoms with Crippen molar-refractivity contribution < 1.29 is 13.9 Å². The number of methoxy groups -OCH3 is 1. The molecule has 6 nitrogen and oxygen atoms in total. The van der Waals surface area contributed by atoms with Crippen molar-refractivity contribution in [3.8, 4) is 17.2 Å². The number of aromatic nitrogens is 1. The summed E-state index contributed by atoms with van der Waals surface area (Å²) in [5.41, 5.74) is 4.74. The molecular formula is C26H25N3O3S. The van der Waals surface area contributed by atoms with Gasteiger partial charge >= 0.3 is 0 Å². The van der Waals surface area contributed by atoms with Crippen molar-refractivity contribution >= 4 is 40.0 Å². The minimum Gasteiger partial charge on any atom is -0.496 e. The fourth-order valence-electron chi connectivity index (χ4n) is 3.51. The topological polar surface area (TPSA) is 76.4 Å². The van der Waals surface area contributed by atoms with Crippen LogP contribution in [0.25, 0.3) is 22.6 Å². The number of thiocarbonyl (C=S) groups is 1. The first kappa shape index (κ1) is 22.5. The van der Waals surface area contributed by atoms with Crippen LogP contribution in [0.5, 0.6) is 5.75 Å². The largest absolute Gasteiger partial charge is 0.496 e. The Morgan fingerprint density at radius 3 is 2.73 bits per heavy atom. The number of oxazole rings is 1. The zero-order valence-corrected chi connectivity index (χ0v) is 19.5. The summed E-state index contributed by atoms with van der Waals surface area (Å²) in [5, 5.41) is 5.91. The maximum atomic E-state index is 12.6. The Bertz CT molecular complexity index is 1320. The molecule has 33 heavy (non-hydrogen) atoms. The first-order chi connectivity index (χ1) is 16.0. The second kappa shape index (κ2) is 9.83. The average molecular weight is 460 g/mol. The van der Waals surface area contributed by atoms with Gasteiger partial charge in [-0.15, -0.1) is 0 Å². The molecule has 1 unspecified atom stereocenters. The second-order valence-corrected chi connectivity index (χ2v) is 8.15. The Labute approximate surface area is 198 Å². The minimum absolute atomic E-state index is 0.179. The molecule has 0 radical (unpaired) electrons. The second-order valence-electron chi connectivity index (χ2n) is 7.74. The van der Waals surface area contributed by atoms with Gasteiger partial charge in [0.1, 0.15) is 11.3 Å². The quantitative estimate of drug-likeness (QED) is 0.337. The van der Waals surface area contributed by atoms with E-state index >= 15 is 0 Å². The van der Waals surface area contributed by atoms with Gasteiger partial charge in [-0.3, -0.25) is 10.1 Å². The molecule has 1 aromatic heterocycles. The van der Waals surface area contributed by atoms with Crippen LogP contribution in [0.1, 0.15) is 42.1 Å². The maximum absolute atomic E-state index is 12.6. The molecule has 0 saturated carbocycles. The summed E-state index contributed by atoms with van der Waals surface area (Å²) >= 11 is 5.33. The van der Waals surface area contributed by atoms with Gasteiger partial charge in [-0.2, -0.15) is 0 Å². The highest BCUT2D eigenvalue weighted by Gasteiger charge is 2.14. The van der Waals surface area contributed by atoms with Crippen LogP contribution in [-0.4, -0.2) is 23.1 Å². The molecule has 4 rings (SSSR count). The first-order valence-electron chi connectivity index (χ1n) is 10.7. The lowest BCUT2D eigenvalue weighted by Crippen LogP contribution is -2.34. The van der Waals surface area contributed by atoms with E-state index in [1.807, 2.05) is 30.3 Å². The van der Waals surface area contributed by atoms with Gasteiger partial charge < -0.3 is 14.5 Å². The maximum Gasteiger partial charge on any atom is 0.261 e. The van der Waals surface area contributed by atoms with E-state index in [9.17, 15) is 4.79 Å². The highest BCUT2D eigenvalue weighted by Crippen LogP contribution is 2.29. The number of para-hydroxylation sites is 1. The highest BCUT2D eigenvalue weighted by molar-refractivity contribution is 7.80. The molecule has 4 aromatic rings. The lowest BCUT2D eigenvalue weighted by atomic mass is 9.98. The van der Waals surface area contributed by atoms with E-state index in [1.165, 1.54) is 12.7 Å². The van der Waals surface area contributed by atoms with Crippen molar-refractivity contribution in [3.05, 3.63) is 77.9 Å². The number of amides is 1. The predicted octanol–water partition coefficient (Wildman–Crippen LogP) is 6.14. The molecule has 1 heterocycles. The number of hydrogen-bond donors (Lipinski definition) is 2. The number of carbonyl (C=O) groups is 1. The summed E-state index contributed by atoms with van der Waals surface area (Å²) in [6, 6.07) is 20.6. The van der Waals surface area contributed by atoms with Gasteiger partial charge in [0, 0.05) is 11.3 Å². The number of nitrogens with zero attached hydrogens (tertiary/aromatic N) is 1. The van der Waals surface area contributed by atoms with E-state index < -0.39 is 0 Å². The minimum atomic E-state index is -0.350. The van der Waals surface area contributed by atoms with E-state index in [2.05, 4.69) is 41.6 Å². The van der Waals surface area contributed by atoms with Crippen LogP contribution in [0.3, 0.4) is 0 Å². The van der Waals surface area contributed by atoms with Gasteiger partial charge in [-0.25, -0.2) is 4.98 Å². The van der Waals surface area contributed by atoms with Crippen molar-refractivity contribution in [1.29, 1.82) is 0 Å². The van der Waals surface area contributed by atoms with Crippen molar-refractivity contribution in [2.75, 3.05) is 12.4 Å². The Kier molecular flexibility index (Phi) is 6.70. The number of fused-ring (bicyclic) bond motifs is 1. The summed E-state index contributed by atoms with van der Waals surface area (Å²) in [5.74, 6) is 1.12. The third-order valence-corrected chi connectivity index (χ3v) is 5.74. The van der Waals surface area contributed by atoms with Crippen molar-refractivity contribution in [1.82, 2.24) is 10.3 Å². The van der Waals surface area contributed by atoms with Crippen LogP contribution >= 0.6 is 12.2 Å². The summed E-state index contributed by atoms with van der Waals surface area (Å²) < 4.78 is 11.2. The lowest BCUT2D eigenvalue weighted by Gasteiger charge is -2.12. The number of rotatable bonds is 6. The molecule has 2 N–H and O–H groups in total. The van der Waals surface area contributed by atoms with Crippen LogP contribution in [-0.2, 0) is 0 Å². The SMILES string of the molecule is CCC(C)c1ccc2oc(-c3cccc(NC(=S)NC(=O)c4ccccc4OC)c3)nc2c1. The summed E-state index contributed by atoms with van der Waals surface area (Å²) in [7, 11) is 1.52. The smallest absolute Gasteiger partial charge is 0.261 e. The Balaban J connectivity index is 1.50. The fourth-order valence-corrected chi connectivity index (χ4v) is 3.72. The van der Waals surface area contributed by atoms with E-state index in [-0.39, 0.29) is 11.0 Å². The molecule has 0 spiro atoms. The van der Waals surface area contributed by atoms with Crippen LogP contribution < -0.4 is 15.4 Å². The van der Waals surface area contributed by atoms with Crippen molar-refractivity contribution in [2.24, 2.45) is 0 Å². The zero-order chi connectivity index (χ0) is 23.4. The molecule has 0 bridgehead atoms. The van der Waals surface area contributed by atoms with Crippen LogP contribution in [0.2, 0.25) is 0 Å². The summed E-state index contributed by atoms with van der Waals surface area (Å²) in [6.07, 6.45) is 1.07. The molecule has 0 fully saturated rings. The number of carbonyl (C=O) groups excluding carboxylic acids is 1. The summed E-state index contributed by atoms with van der Waals surface area (Å²) in [4.78, 5) is 17.2. The van der Waals surface area contributed by atoms with Gasteiger partial charge in [0.2, 0.25) is 5.89 Å². The normalized spacial score (nSPS) is 11.7. The molecule has 1 amide bonds.